The molecular formula is C21H22N2O5S. The molecule has 29 heavy (non-hydrogen) atoms. The highest BCUT2D eigenvalue weighted by Crippen LogP contribution is 2.33. The van der Waals surface area contributed by atoms with Crippen molar-refractivity contribution in [2.45, 2.75) is 39.7 Å². The maximum atomic E-state index is 12.9. The van der Waals surface area contributed by atoms with Crippen molar-refractivity contribution in [2.75, 3.05) is 5.32 Å². The van der Waals surface area contributed by atoms with Gasteiger partial charge in [0.25, 0.3) is 11.8 Å². The van der Waals surface area contributed by atoms with E-state index in [1.807, 2.05) is 27.7 Å². The minimum atomic E-state index is -0.659. The van der Waals surface area contributed by atoms with Crippen molar-refractivity contribution in [3.63, 3.8) is 0 Å². The van der Waals surface area contributed by atoms with E-state index in [0.717, 1.165) is 10.9 Å². The number of primary amides is 1. The third-order valence-corrected chi connectivity index (χ3v) is 5.50. The summed E-state index contributed by atoms with van der Waals surface area (Å²) in [5.74, 6) is -0.451. The molecule has 2 heterocycles. The van der Waals surface area contributed by atoms with Crippen LogP contribution in [0.15, 0.2) is 39.5 Å². The molecule has 0 atom stereocenters. The van der Waals surface area contributed by atoms with Crippen LogP contribution in [-0.4, -0.2) is 17.9 Å². The fourth-order valence-corrected chi connectivity index (χ4v) is 3.88. The first-order chi connectivity index (χ1) is 13.7. The van der Waals surface area contributed by atoms with Gasteiger partial charge < -0.3 is 20.2 Å². The Balaban J connectivity index is 2.01. The van der Waals surface area contributed by atoms with Crippen LogP contribution in [0.5, 0.6) is 5.75 Å². The second-order valence-corrected chi connectivity index (χ2v) is 8.25. The van der Waals surface area contributed by atoms with Crippen LogP contribution >= 0.6 is 11.3 Å². The molecule has 0 saturated carbocycles. The SMILES string of the molecule is CC(C)Oc1ccc2c(C(=O)Nc3sc(C(C)C)cc3C(N)=O)cc(=O)oc2c1. The maximum absolute atomic E-state index is 12.9. The van der Waals surface area contributed by atoms with Gasteiger partial charge in [0, 0.05) is 22.4 Å². The van der Waals surface area contributed by atoms with E-state index in [0.29, 0.717) is 16.1 Å². The van der Waals surface area contributed by atoms with Gasteiger partial charge in [-0.3, -0.25) is 9.59 Å². The number of hydrogen-bond donors (Lipinski definition) is 2. The number of thiophene rings is 1. The first-order valence-corrected chi connectivity index (χ1v) is 9.96. The number of carbonyl (C=O) groups is 2. The minimum absolute atomic E-state index is 0.0492. The van der Waals surface area contributed by atoms with E-state index in [1.54, 1.807) is 24.3 Å². The van der Waals surface area contributed by atoms with E-state index in [9.17, 15) is 14.4 Å². The zero-order valence-electron chi connectivity index (χ0n) is 16.6. The van der Waals surface area contributed by atoms with Crippen molar-refractivity contribution >= 4 is 39.1 Å². The molecule has 152 valence electrons. The van der Waals surface area contributed by atoms with E-state index in [4.69, 9.17) is 14.9 Å². The van der Waals surface area contributed by atoms with Crippen LogP contribution in [0, 0.1) is 0 Å². The standard InChI is InChI=1S/C21H22N2O5S/c1-10(2)17-8-15(19(22)25)21(29-17)23-20(26)14-9-18(24)28-16-7-12(27-11(3)4)5-6-13(14)16/h5-11H,1-4H3,(H2,22,25)(H,23,26). The number of carbonyl (C=O) groups excluding carboxylic acids is 2. The van der Waals surface area contributed by atoms with Gasteiger partial charge in [-0.05, 0) is 38.0 Å². The normalized spacial score (nSPS) is 11.2. The summed E-state index contributed by atoms with van der Waals surface area (Å²) in [4.78, 5) is 37.6. The highest BCUT2D eigenvalue weighted by molar-refractivity contribution is 7.16. The molecule has 2 aromatic heterocycles. The maximum Gasteiger partial charge on any atom is 0.337 e. The highest BCUT2D eigenvalue weighted by atomic mass is 32.1. The smallest absolute Gasteiger partial charge is 0.337 e. The van der Waals surface area contributed by atoms with Crippen molar-refractivity contribution < 1.29 is 18.7 Å². The number of fused-ring (bicyclic) bond motifs is 1. The molecule has 2 amide bonds. The molecule has 0 aliphatic carbocycles. The molecule has 0 saturated heterocycles. The fraction of sp³-hybridized carbons (Fsp3) is 0.286. The number of benzene rings is 1. The molecule has 0 unspecified atom stereocenters. The molecular weight excluding hydrogens is 392 g/mol. The van der Waals surface area contributed by atoms with Crippen LogP contribution in [0.25, 0.3) is 11.0 Å². The molecule has 0 bridgehead atoms. The molecule has 0 radical (unpaired) electrons. The summed E-state index contributed by atoms with van der Waals surface area (Å²) < 4.78 is 10.8. The Kier molecular flexibility index (Phi) is 5.74. The third-order valence-electron chi connectivity index (χ3n) is 4.15. The molecule has 0 aliphatic rings. The molecule has 0 fully saturated rings. The number of hydrogen-bond acceptors (Lipinski definition) is 6. The molecule has 7 nitrogen and oxygen atoms in total. The lowest BCUT2D eigenvalue weighted by molar-refractivity contribution is 0.100. The van der Waals surface area contributed by atoms with E-state index in [2.05, 4.69) is 5.32 Å². The number of anilines is 1. The second-order valence-electron chi connectivity index (χ2n) is 7.17. The van der Waals surface area contributed by atoms with Gasteiger partial charge in [0.2, 0.25) is 0 Å². The van der Waals surface area contributed by atoms with Gasteiger partial charge in [-0.2, -0.15) is 0 Å². The summed E-state index contributed by atoms with van der Waals surface area (Å²) in [6, 6.07) is 7.75. The average Bonchev–Trinajstić information content (AvgIpc) is 3.04. The van der Waals surface area contributed by atoms with Crippen molar-refractivity contribution in [1.29, 1.82) is 0 Å². The van der Waals surface area contributed by atoms with Crippen LogP contribution < -0.4 is 21.4 Å². The van der Waals surface area contributed by atoms with Crippen molar-refractivity contribution in [3.8, 4) is 5.75 Å². The lowest BCUT2D eigenvalue weighted by Gasteiger charge is -2.11. The Hall–Kier alpha value is -3.13. The van der Waals surface area contributed by atoms with Crippen LogP contribution in [-0.2, 0) is 0 Å². The minimum Gasteiger partial charge on any atom is -0.491 e. The molecule has 1 aromatic carbocycles. The Morgan fingerprint density at radius 2 is 1.83 bits per heavy atom. The molecule has 0 spiro atoms. The number of nitrogens with one attached hydrogen (secondary N) is 1. The van der Waals surface area contributed by atoms with E-state index >= 15 is 0 Å². The summed E-state index contributed by atoms with van der Waals surface area (Å²) in [6.45, 7) is 7.73. The van der Waals surface area contributed by atoms with Crippen LogP contribution in [0.4, 0.5) is 5.00 Å². The first-order valence-electron chi connectivity index (χ1n) is 9.15. The van der Waals surface area contributed by atoms with Gasteiger partial charge in [0.15, 0.2) is 0 Å². The molecule has 3 aromatic rings. The number of ether oxygens (including phenoxy) is 1. The van der Waals surface area contributed by atoms with Crippen LogP contribution in [0.1, 0.15) is 59.2 Å². The van der Waals surface area contributed by atoms with Crippen molar-refractivity contribution in [1.82, 2.24) is 0 Å². The number of nitrogens with two attached hydrogens (primary N) is 1. The molecule has 0 aliphatic heterocycles. The summed E-state index contributed by atoms with van der Waals surface area (Å²) in [7, 11) is 0. The summed E-state index contributed by atoms with van der Waals surface area (Å²) >= 11 is 1.28. The third kappa shape index (κ3) is 4.48. The highest BCUT2D eigenvalue weighted by Gasteiger charge is 2.20. The predicted molar refractivity (Wildman–Crippen MR) is 113 cm³/mol. The van der Waals surface area contributed by atoms with E-state index < -0.39 is 17.4 Å². The van der Waals surface area contributed by atoms with Gasteiger partial charge in [-0.1, -0.05) is 13.8 Å². The van der Waals surface area contributed by atoms with Gasteiger partial charge in [0.1, 0.15) is 16.3 Å². The number of amides is 2. The monoisotopic (exact) mass is 414 g/mol. The zero-order valence-corrected chi connectivity index (χ0v) is 17.4. The van der Waals surface area contributed by atoms with Gasteiger partial charge >= 0.3 is 5.63 Å². The van der Waals surface area contributed by atoms with Crippen LogP contribution in [0.3, 0.4) is 0 Å². The van der Waals surface area contributed by atoms with Gasteiger partial charge in [-0.15, -0.1) is 11.3 Å². The Bertz CT molecular complexity index is 1140. The Labute approximate surface area is 171 Å². The quantitative estimate of drug-likeness (QED) is 0.590. The van der Waals surface area contributed by atoms with Crippen molar-refractivity contribution in [2.24, 2.45) is 5.73 Å². The van der Waals surface area contributed by atoms with Gasteiger partial charge in [0.05, 0.1) is 17.2 Å². The topological polar surface area (TPSA) is 112 Å². The predicted octanol–water partition coefficient (Wildman–Crippen LogP) is 4.12. The largest absolute Gasteiger partial charge is 0.491 e. The lowest BCUT2D eigenvalue weighted by Crippen LogP contribution is -2.18. The van der Waals surface area contributed by atoms with Crippen molar-refractivity contribution in [3.05, 3.63) is 56.8 Å². The van der Waals surface area contributed by atoms with E-state index in [-0.39, 0.29) is 28.7 Å². The summed E-state index contributed by atoms with van der Waals surface area (Å²) in [6.07, 6.45) is -0.0492. The Morgan fingerprint density at radius 1 is 1.10 bits per heavy atom. The van der Waals surface area contributed by atoms with Gasteiger partial charge in [-0.25, -0.2) is 4.79 Å². The molecule has 8 heteroatoms. The summed E-state index contributed by atoms with van der Waals surface area (Å²) in [5.41, 5.74) is 5.42. The fourth-order valence-electron chi connectivity index (χ4n) is 2.82. The van der Waals surface area contributed by atoms with Crippen LogP contribution in [0.2, 0.25) is 0 Å². The van der Waals surface area contributed by atoms with E-state index in [1.165, 1.54) is 11.3 Å². The summed E-state index contributed by atoms with van der Waals surface area (Å²) in [5, 5.41) is 3.53. The Morgan fingerprint density at radius 3 is 2.45 bits per heavy atom. The lowest BCUT2D eigenvalue weighted by atomic mass is 10.1. The second kappa shape index (κ2) is 8.08. The first kappa shape index (κ1) is 20.6. The molecule has 3 rings (SSSR count). The molecule has 3 N–H and O–H groups in total. The number of rotatable bonds is 6. The average molecular weight is 414 g/mol. The zero-order chi connectivity index (χ0) is 21.3.